The van der Waals surface area contributed by atoms with Crippen LogP contribution in [0.1, 0.15) is 51.4 Å². The SMILES string of the molecule is O=C1CCCCCCC/C=C/CCN1. The number of rotatable bonds is 0. The molecule has 0 saturated heterocycles. The summed E-state index contributed by atoms with van der Waals surface area (Å²) in [6, 6.07) is 0. The Bertz CT molecular complexity index is 187. The summed E-state index contributed by atoms with van der Waals surface area (Å²) in [6.45, 7) is 0.801. The summed E-state index contributed by atoms with van der Waals surface area (Å²) in [5.74, 6) is 0.220. The van der Waals surface area contributed by atoms with Gasteiger partial charge in [0.15, 0.2) is 0 Å². The second-order valence-electron chi connectivity index (χ2n) is 3.92. The lowest BCUT2D eigenvalue weighted by molar-refractivity contribution is -0.121. The van der Waals surface area contributed by atoms with E-state index < -0.39 is 0 Å². The van der Waals surface area contributed by atoms with E-state index in [4.69, 9.17) is 0 Å². The number of allylic oxidation sites excluding steroid dienone is 1. The van der Waals surface area contributed by atoms with Crippen molar-refractivity contribution in [3.05, 3.63) is 12.2 Å². The van der Waals surface area contributed by atoms with Crippen LogP contribution in [0, 0.1) is 0 Å². The lowest BCUT2D eigenvalue weighted by Gasteiger charge is -2.02. The lowest BCUT2D eigenvalue weighted by Crippen LogP contribution is -2.23. The van der Waals surface area contributed by atoms with Gasteiger partial charge in [0.05, 0.1) is 0 Å². The Labute approximate surface area is 86.8 Å². The van der Waals surface area contributed by atoms with Gasteiger partial charge in [0.1, 0.15) is 0 Å². The minimum Gasteiger partial charge on any atom is -0.356 e. The Hall–Kier alpha value is -0.790. The molecule has 0 aromatic rings. The normalized spacial score (nSPS) is 23.9. The molecule has 2 heteroatoms. The van der Waals surface area contributed by atoms with Gasteiger partial charge in [-0.2, -0.15) is 0 Å². The van der Waals surface area contributed by atoms with Gasteiger partial charge in [-0.25, -0.2) is 0 Å². The van der Waals surface area contributed by atoms with Crippen LogP contribution in [0.25, 0.3) is 0 Å². The van der Waals surface area contributed by atoms with Crippen LogP contribution in [0.2, 0.25) is 0 Å². The minimum absolute atomic E-state index is 0.220. The zero-order valence-electron chi connectivity index (χ0n) is 8.93. The van der Waals surface area contributed by atoms with E-state index in [0.717, 1.165) is 19.4 Å². The summed E-state index contributed by atoms with van der Waals surface area (Å²) < 4.78 is 0. The van der Waals surface area contributed by atoms with Crippen molar-refractivity contribution in [3.8, 4) is 0 Å². The van der Waals surface area contributed by atoms with E-state index in [-0.39, 0.29) is 5.91 Å². The smallest absolute Gasteiger partial charge is 0.220 e. The largest absolute Gasteiger partial charge is 0.356 e. The molecule has 0 aromatic heterocycles. The maximum Gasteiger partial charge on any atom is 0.220 e. The van der Waals surface area contributed by atoms with Crippen molar-refractivity contribution in [1.82, 2.24) is 5.32 Å². The summed E-state index contributed by atoms with van der Waals surface area (Å²) >= 11 is 0. The van der Waals surface area contributed by atoms with Crippen LogP contribution in [0.4, 0.5) is 0 Å². The van der Waals surface area contributed by atoms with Crippen LogP contribution in [0.5, 0.6) is 0 Å². The van der Waals surface area contributed by atoms with E-state index in [1.54, 1.807) is 0 Å². The van der Waals surface area contributed by atoms with Crippen molar-refractivity contribution in [2.24, 2.45) is 0 Å². The summed E-state index contributed by atoms with van der Waals surface area (Å²) in [6.07, 6.45) is 13.5. The fourth-order valence-corrected chi connectivity index (χ4v) is 1.70. The van der Waals surface area contributed by atoms with Crippen LogP contribution in [0.3, 0.4) is 0 Å². The van der Waals surface area contributed by atoms with Crippen molar-refractivity contribution >= 4 is 5.91 Å². The van der Waals surface area contributed by atoms with Crippen molar-refractivity contribution < 1.29 is 4.79 Å². The van der Waals surface area contributed by atoms with Crippen LogP contribution in [0.15, 0.2) is 12.2 Å². The highest BCUT2D eigenvalue weighted by Gasteiger charge is 1.99. The molecule has 0 bridgehead atoms. The second kappa shape index (κ2) is 7.60. The number of hydrogen-bond donors (Lipinski definition) is 1. The van der Waals surface area contributed by atoms with Gasteiger partial charge in [0, 0.05) is 13.0 Å². The van der Waals surface area contributed by atoms with Crippen molar-refractivity contribution in [2.45, 2.75) is 51.4 Å². The molecule has 0 radical (unpaired) electrons. The van der Waals surface area contributed by atoms with Crippen LogP contribution < -0.4 is 5.32 Å². The van der Waals surface area contributed by atoms with E-state index in [9.17, 15) is 4.79 Å². The molecule has 14 heavy (non-hydrogen) atoms. The fourth-order valence-electron chi connectivity index (χ4n) is 1.70. The Kier molecular flexibility index (Phi) is 6.13. The van der Waals surface area contributed by atoms with E-state index in [1.807, 2.05) is 0 Å². The molecular weight excluding hydrogens is 174 g/mol. The first-order valence-corrected chi connectivity index (χ1v) is 5.81. The Morgan fingerprint density at radius 2 is 1.64 bits per heavy atom. The van der Waals surface area contributed by atoms with Gasteiger partial charge in [-0.1, -0.05) is 31.4 Å². The molecule has 1 N–H and O–H groups in total. The Morgan fingerprint density at radius 3 is 2.57 bits per heavy atom. The summed E-state index contributed by atoms with van der Waals surface area (Å²) in [5, 5.41) is 2.93. The van der Waals surface area contributed by atoms with Gasteiger partial charge in [-0.05, 0) is 25.7 Å². The average molecular weight is 195 g/mol. The van der Waals surface area contributed by atoms with Gasteiger partial charge < -0.3 is 5.32 Å². The van der Waals surface area contributed by atoms with E-state index in [2.05, 4.69) is 17.5 Å². The molecular formula is C12H21NO. The molecule has 1 amide bonds. The third-order valence-corrected chi connectivity index (χ3v) is 2.57. The third kappa shape index (κ3) is 5.79. The zero-order chi connectivity index (χ0) is 10.1. The zero-order valence-corrected chi connectivity index (χ0v) is 8.93. The highest BCUT2D eigenvalue weighted by molar-refractivity contribution is 5.75. The predicted octanol–water partition coefficient (Wildman–Crippen LogP) is 2.79. The molecule has 0 aliphatic carbocycles. The second-order valence-corrected chi connectivity index (χ2v) is 3.92. The van der Waals surface area contributed by atoms with Gasteiger partial charge >= 0.3 is 0 Å². The van der Waals surface area contributed by atoms with Crippen LogP contribution >= 0.6 is 0 Å². The highest BCUT2D eigenvalue weighted by atomic mass is 16.1. The quantitative estimate of drug-likeness (QED) is 0.592. The molecule has 0 saturated carbocycles. The van der Waals surface area contributed by atoms with Gasteiger partial charge in [-0.3, -0.25) is 4.79 Å². The van der Waals surface area contributed by atoms with Gasteiger partial charge in [0.25, 0.3) is 0 Å². The number of hydrogen-bond acceptors (Lipinski definition) is 1. The van der Waals surface area contributed by atoms with Crippen molar-refractivity contribution in [1.29, 1.82) is 0 Å². The minimum atomic E-state index is 0.220. The topological polar surface area (TPSA) is 29.1 Å². The molecule has 80 valence electrons. The molecule has 1 heterocycles. The number of carbonyl (C=O) groups is 1. The average Bonchev–Trinajstić information content (AvgIpc) is 2.20. The van der Waals surface area contributed by atoms with Crippen molar-refractivity contribution in [2.75, 3.05) is 6.54 Å². The summed E-state index contributed by atoms with van der Waals surface area (Å²) in [4.78, 5) is 11.2. The molecule has 0 unspecified atom stereocenters. The first-order valence-electron chi connectivity index (χ1n) is 5.81. The lowest BCUT2D eigenvalue weighted by atomic mass is 10.1. The molecule has 2 nitrogen and oxygen atoms in total. The predicted molar refractivity (Wildman–Crippen MR) is 59.1 cm³/mol. The van der Waals surface area contributed by atoms with Crippen molar-refractivity contribution in [3.63, 3.8) is 0 Å². The molecule has 1 aliphatic heterocycles. The fraction of sp³-hybridized carbons (Fsp3) is 0.750. The maximum absolute atomic E-state index is 11.2. The molecule has 0 spiro atoms. The third-order valence-electron chi connectivity index (χ3n) is 2.57. The van der Waals surface area contributed by atoms with Gasteiger partial charge in [0.2, 0.25) is 5.91 Å². The van der Waals surface area contributed by atoms with Crippen LogP contribution in [-0.2, 0) is 4.79 Å². The standard InChI is InChI=1S/C12H21NO/c14-12-10-8-6-4-2-1-3-5-7-9-11-13-12/h5,7H,1-4,6,8-11H2,(H,13,14)/b7-5+. The molecule has 0 aromatic carbocycles. The number of nitrogens with one attached hydrogen (secondary N) is 1. The Balaban J connectivity index is 2.23. The molecule has 0 fully saturated rings. The molecule has 1 rings (SSSR count). The highest BCUT2D eigenvalue weighted by Crippen LogP contribution is 2.08. The Morgan fingerprint density at radius 1 is 0.929 bits per heavy atom. The van der Waals surface area contributed by atoms with E-state index in [1.165, 1.54) is 32.1 Å². The first-order chi connectivity index (χ1) is 6.89. The molecule has 0 atom stereocenters. The van der Waals surface area contributed by atoms with E-state index in [0.29, 0.717) is 6.42 Å². The first kappa shape index (κ1) is 11.3. The molecule has 1 aliphatic rings. The maximum atomic E-state index is 11.2. The van der Waals surface area contributed by atoms with Gasteiger partial charge in [-0.15, -0.1) is 0 Å². The number of amides is 1. The number of carbonyl (C=O) groups excluding carboxylic acids is 1. The summed E-state index contributed by atoms with van der Waals surface area (Å²) in [5.41, 5.74) is 0. The van der Waals surface area contributed by atoms with Crippen LogP contribution in [-0.4, -0.2) is 12.5 Å². The van der Waals surface area contributed by atoms with E-state index >= 15 is 0 Å². The summed E-state index contributed by atoms with van der Waals surface area (Å²) in [7, 11) is 0. The monoisotopic (exact) mass is 195 g/mol.